The predicted octanol–water partition coefficient (Wildman–Crippen LogP) is 4.34. The Bertz CT molecular complexity index is 359. The van der Waals surface area contributed by atoms with E-state index in [-0.39, 0.29) is 17.0 Å². The van der Waals surface area contributed by atoms with Gasteiger partial charge in [0.25, 0.3) is 0 Å². The Hall–Kier alpha value is -0.440. The van der Waals surface area contributed by atoms with Crippen molar-refractivity contribution in [2.45, 2.75) is 32.6 Å². The van der Waals surface area contributed by atoms with Gasteiger partial charge in [0.15, 0.2) is 0 Å². The molecule has 0 nitrogen and oxygen atoms in total. The normalized spacial score (nSPS) is 11.9. The maximum absolute atomic E-state index is 13.7. The largest absolute Gasteiger partial charge is 0.207 e. The van der Waals surface area contributed by atoms with Gasteiger partial charge in [-0.05, 0) is 42.0 Å². The maximum Gasteiger partial charge on any atom is 0.127 e. The minimum Gasteiger partial charge on any atom is -0.207 e. The molecular weight excluding hydrogens is 262 g/mol. The summed E-state index contributed by atoms with van der Waals surface area (Å²) in [4.78, 5) is 0. The number of aryl methyl sites for hydroxylation is 1. The lowest BCUT2D eigenvalue weighted by atomic mass is 9.81. The van der Waals surface area contributed by atoms with E-state index >= 15 is 0 Å². The highest BCUT2D eigenvalue weighted by molar-refractivity contribution is 9.09. The standard InChI is InChI=1S/C12H15BrF2/c1-8-6-11(15)9(7-10(8)14)12(2,3)4-5-13/h6-7H,4-5H2,1-3H3. The molecule has 0 spiro atoms. The smallest absolute Gasteiger partial charge is 0.127 e. The molecule has 0 saturated heterocycles. The molecule has 0 unspecified atom stereocenters. The van der Waals surface area contributed by atoms with Gasteiger partial charge in [-0.15, -0.1) is 0 Å². The molecule has 0 radical (unpaired) electrons. The molecule has 15 heavy (non-hydrogen) atoms. The van der Waals surface area contributed by atoms with Gasteiger partial charge in [0, 0.05) is 5.33 Å². The Labute approximate surface area is 97.8 Å². The summed E-state index contributed by atoms with van der Waals surface area (Å²) in [6.45, 7) is 5.41. The number of halogens is 3. The van der Waals surface area contributed by atoms with Crippen LogP contribution in [0, 0.1) is 18.6 Å². The fourth-order valence-corrected chi connectivity index (χ4v) is 2.53. The molecule has 0 saturated carbocycles. The van der Waals surface area contributed by atoms with Gasteiger partial charge in [-0.25, -0.2) is 8.78 Å². The average molecular weight is 277 g/mol. The summed E-state index contributed by atoms with van der Waals surface area (Å²) in [7, 11) is 0. The zero-order valence-electron chi connectivity index (χ0n) is 9.20. The minimum absolute atomic E-state index is 0.320. The Balaban J connectivity index is 3.19. The van der Waals surface area contributed by atoms with E-state index in [0.717, 1.165) is 11.8 Å². The van der Waals surface area contributed by atoms with Crippen LogP contribution in [0.5, 0.6) is 0 Å². The van der Waals surface area contributed by atoms with Crippen molar-refractivity contribution in [2.75, 3.05) is 5.33 Å². The second-order valence-corrected chi connectivity index (χ2v) is 5.20. The highest BCUT2D eigenvalue weighted by atomic mass is 79.9. The van der Waals surface area contributed by atoms with Crippen LogP contribution in [0.2, 0.25) is 0 Å². The van der Waals surface area contributed by atoms with Gasteiger partial charge in [0.1, 0.15) is 11.6 Å². The average Bonchev–Trinajstić information content (AvgIpc) is 2.11. The Morgan fingerprint density at radius 2 is 1.80 bits per heavy atom. The van der Waals surface area contributed by atoms with Crippen molar-refractivity contribution in [3.8, 4) is 0 Å². The van der Waals surface area contributed by atoms with Gasteiger partial charge < -0.3 is 0 Å². The lowest BCUT2D eigenvalue weighted by Gasteiger charge is -2.25. The molecule has 0 heterocycles. The van der Waals surface area contributed by atoms with Crippen molar-refractivity contribution >= 4 is 15.9 Å². The lowest BCUT2D eigenvalue weighted by Crippen LogP contribution is -2.20. The van der Waals surface area contributed by atoms with Crippen LogP contribution < -0.4 is 0 Å². The fourth-order valence-electron chi connectivity index (χ4n) is 1.54. The molecule has 0 aliphatic heterocycles. The highest BCUT2D eigenvalue weighted by Crippen LogP contribution is 2.31. The van der Waals surface area contributed by atoms with Gasteiger partial charge in [0.2, 0.25) is 0 Å². The Morgan fingerprint density at radius 3 is 2.33 bits per heavy atom. The molecule has 0 fully saturated rings. The maximum atomic E-state index is 13.7. The second kappa shape index (κ2) is 4.60. The van der Waals surface area contributed by atoms with Crippen LogP contribution in [0.3, 0.4) is 0 Å². The van der Waals surface area contributed by atoms with Crippen molar-refractivity contribution in [3.05, 3.63) is 34.9 Å². The molecule has 0 amide bonds. The summed E-state index contributed by atoms with van der Waals surface area (Å²) in [5.41, 5.74) is 0.457. The number of rotatable bonds is 3. The summed E-state index contributed by atoms with van der Waals surface area (Å²) >= 11 is 3.32. The van der Waals surface area contributed by atoms with Gasteiger partial charge >= 0.3 is 0 Å². The van der Waals surface area contributed by atoms with Crippen LogP contribution in [-0.2, 0) is 5.41 Å². The molecule has 0 aliphatic rings. The molecule has 3 heteroatoms. The number of benzene rings is 1. The van der Waals surface area contributed by atoms with E-state index in [1.54, 1.807) is 6.92 Å². The van der Waals surface area contributed by atoms with Crippen molar-refractivity contribution in [2.24, 2.45) is 0 Å². The molecule has 0 aliphatic carbocycles. The van der Waals surface area contributed by atoms with E-state index in [0.29, 0.717) is 11.1 Å². The van der Waals surface area contributed by atoms with Gasteiger partial charge in [-0.2, -0.15) is 0 Å². The second-order valence-electron chi connectivity index (χ2n) is 4.40. The van der Waals surface area contributed by atoms with E-state index in [1.165, 1.54) is 12.1 Å². The van der Waals surface area contributed by atoms with Crippen molar-refractivity contribution in [1.82, 2.24) is 0 Å². The minimum atomic E-state index is -0.345. The quantitative estimate of drug-likeness (QED) is 0.721. The zero-order chi connectivity index (χ0) is 11.6. The predicted molar refractivity (Wildman–Crippen MR) is 62.5 cm³/mol. The fraction of sp³-hybridized carbons (Fsp3) is 0.500. The molecule has 84 valence electrons. The van der Waals surface area contributed by atoms with Crippen LogP contribution in [0.25, 0.3) is 0 Å². The third-order valence-corrected chi connectivity index (χ3v) is 3.09. The molecule has 0 N–H and O–H groups in total. The summed E-state index contributed by atoms with van der Waals surface area (Å²) in [6, 6.07) is 2.58. The summed E-state index contributed by atoms with van der Waals surface area (Å²) in [6.07, 6.45) is 0.770. The molecule has 0 atom stereocenters. The van der Waals surface area contributed by atoms with Crippen LogP contribution in [0.1, 0.15) is 31.4 Å². The number of hydrogen-bond donors (Lipinski definition) is 0. The SMILES string of the molecule is Cc1cc(F)c(C(C)(C)CCBr)cc1F. The van der Waals surface area contributed by atoms with Gasteiger partial charge in [-0.3, -0.25) is 0 Å². The first-order valence-corrected chi connectivity index (χ1v) is 6.02. The topological polar surface area (TPSA) is 0 Å². The van der Waals surface area contributed by atoms with Crippen LogP contribution in [0.15, 0.2) is 12.1 Å². The molecule has 1 aromatic carbocycles. The van der Waals surface area contributed by atoms with Crippen molar-refractivity contribution in [3.63, 3.8) is 0 Å². The third kappa shape index (κ3) is 2.77. The summed E-state index contributed by atoms with van der Waals surface area (Å²) in [5.74, 6) is -0.658. The molecular formula is C12H15BrF2. The van der Waals surface area contributed by atoms with E-state index in [9.17, 15) is 8.78 Å². The highest BCUT2D eigenvalue weighted by Gasteiger charge is 2.24. The van der Waals surface area contributed by atoms with Crippen molar-refractivity contribution < 1.29 is 8.78 Å². The first-order chi connectivity index (χ1) is 6.88. The first kappa shape index (κ1) is 12.6. The molecule has 1 rings (SSSR count). The third-order valence-electron chi connectivity index (χ3n) is 2.70. The van der Waals surface area contributed by atoms with Gasteiger partial charge in [-0.1, -0.05) is 29.8 Å². The molecule has 0 aromatic heterocycles. The van der Waals surface area contributed by atoms with E-state index < -0.39 is 0 Å². The number of hydrogen-bond acceptors (Lipinski definition) is 0. The van der Waals surface area contributed by atoms with Gasteiger partial charge in [0.05, 0.1) is 0 Å². The van der Waals surface area contributed by atoms with Crippen LogP contribution in [0.4, 0.5) is 8.78 Å². The Morgan fingerprint density at radius 1 is 1.20 bits per heavy atom. The monoisotopic (exact) mass is 276 g/mol. The first-order valence-electron chi connectivity index (χ1n) is 4.90. The van der Waals surface area contributed by atoms with E-state index in [4.69, 9.17) is 0 Å². The number of alkyl halides is 1. The van der Waals surface area contributed by atoms with Crippen LogP contribution in [-0.4, -0.2) is 5.33 Å². The summed E-state index contributed by atoms with van der Waals surface area (Å²) in [5, 5.41) is 0.773. The zero-order valence-corrected chi connectivity index (χ0v) is 10.8. The molecule has 0 bridgehead atoms. The summed E-state index contributed by atoms with van der Waals surface area (Å²) < 4.78 is 27.0. The van der Waals surface area contributed by atoms with Crippen LogP contribution >= 0.6 is 15.9 Å². The lowest BCUT2D eigenvalue weighted by molar-refractivity contribution is 0.466. The molecule has 1 aromatic rings. The van der Waals surface area contributed by atoms with E-state index in [2.05, 4.69) is 15.9 Å². The Kier molecular flexibility index (Phi) is 3.87. The van der Waals surface area contributed by atoms with Crippen molar-refractivity contribution in [1.29, 1.82) is 0 Å². The van der Waals surface area contributed by atoms with E-state index in [1.807, 2.05) is 13.8 Å².